The van der Waals surface area contributed by atoms with Crippen LogP contribution in [0.3, 0.4) is 0 Å². The number of nitrogens with zero attached hydrogens (tertiary/aromatic N) is 1. The minimum Gasteiger partial charge on any atom is -0.507 e. The molecule has 0 aliphatic rings. The van der Waals surface area contributed by atoms with Crippen molar-refractivity contribution in [3.8, 4) is 16.3 Å². The number of esters is 1. The summed E-state index contributed by atoms with van der Waals surface area (Å²) in [6, 6.07) is 3.94. The summed E-state index contributed by atoms with van der Waals surface area (Å²) in [4.78, 5) is 16.3. The van der Waals surface area contributed by atoms with E-state index in [1.54, 1.807) is 12.3 Å². The third-order valence-electron chi connectivity index (χ3n) is 3.96. The average molecular weight is 362 g/mol. The summed E-state index contributed by atoms with van der Waals surface area (Å²) in [5.74, 6) is -0.0678. The van der Waals surface area contributed by atoms with Crippen LogP contribution in [-0.4, -0.2) is 22.7 Å². The Morgan fingerprint density at radius 3 is 2.08 bits per heavy atom. The van der Waals surface area contributed by atoms with Crippen LogP contribution in [0.15, 0.2) is 17.5 Å². The van der Waals surface area contributed by atoms with Gasteiger partial charge in [0.2, 0.25) is 0 Å². The maximum absolute atomic E-state index is 11.9. The van der Waals surface area contributed by atoms with Gasteiger partial charge in [-0.05, 0) is 29.9 Å². The Labute approximate surface area is 153 Å². The fourth-order valence-corrected chi connectivity index (χ4v) is 3.38. The van der Waals surface area contributed by atoms with Crippen molar-refractivity contribution in [2.45, 2.75) is 59.3 Å². The monoisotopic (exact) mass is 361 g/mol. The largest absolute Gasteiger partial charge is 0.507 e. The summed E-state index contributed by atoms with van der Waals surface area (Å²) < 4.78 is 5.02. The van der Waals surface area contributed by atoms with Crippen molar-refractivity contribution in [2.75, 3.05) is 6.61 Å². The lowest BCUT2D eigenvalue weighted by Crippen LogP contribution is -2.17. The number of thiazole rings is 1. The molecule has 0 unspecified atom stereocenters. The molecule has 0 saturated heterocycles. The van der Waals surface area contributed by atoms with Gasteiger partial charge in [-0.25, -0.2) is 9.78 Å². The summed E-state index contributed by atoms with van der Waals surface area (Å²) >= 11 is 1.41. The highest BCUT2D eigenvalue weighted by molar-refractivity contribution is 7.13. The average Bonchev–Trinajstić information content (AvgIpc) is 2.95. The van der Waals surface area contributed by atoms with Crippen LogP contribution in [0.5, 0.6) is 5.75 Å². The van der Waals surface area contributed by atoms with E-state index in [0.717, 1.165) is 21.7 Å². The first-order chi connectivity index (χ1) is 11.4. The molecule has 0 radical (unpaired) electrons. The number of carbonyl (C=O) groups is 1. The van der Waals surface area contributed by atoms with Crippen molar-refractivity contribution >= 4 is 17.3 Å². The Kier molecular flexibility index (Phi) is 5.28. The van der Waals surface area contributed by atoms with E-state index in [2.05, 4.69) is 46.5 Å². The molecule has 0 aliphatic heterocycles. The second-order valence-corrected chi connectivity index (χ2v) is 9.04. The minimum atomic E-state index is -0.407. The van der Waals surface area contributed by atoms with E-state index in [1.165, 1.54) is 11.3 Å². The molecule has 2 aromatic rings. The van der Waals surface area contributed by atoms with Gasteiger partial charge in [-0.2, -0.15) is 0 Å². The number of phenols is 1. The number of aromatic nitrogens is 1. The van der Waals surface area contributed by atoms with E-state index in [1.807, 2.05) is 12.1 Å². The molecule has 25 heavy (non-hydrogen) atoms. The van der Waals surface area contributed by atoms with Crippen LogP contribution in [0.2, 0.25) is 0 Å². The number of hydrogen-bond donors (Lipinski definition) is 1. The van der Waals surface area contributed by atoms with Crippen LogP contribution in [0.1, 0.15) is 70.1 Å². The SMILES string of the molecule is CCOC(=O)c1csc(-c2cc(C(C)(C)C)c(O)c(C(C)(C)C)c2)n1. The van der Waals surface area contributed by atoms with Crippen LogP contribution in [0.25, 0.3) is 10.6 Å². The molecular weight excluding hydrogens is 334 g/mol. The third kappa shape index (κ3) is 4.21. The van der Waals surface area contributed by atoms with Gasteiger partial charge in [0.25, 0.3) is 0 Å². The number of phenolic OH excluding ortho intramolecular Hbond substituents is 1. The van der Waals surface area contributed by atoms with Crippen molar-refractivity contribution in [1.82, 2.24) is 4.98 Å². The van der Waals surface area contributed by atoms with Crippen molar-refractivity contribution in [2.24, 2.45) is 0 Å². The Bertz CT molecular complexity index is 744. The van der Waals surface area contributed by atoms with Crippen LogP contribution in [0, 0.1) is 0 Å². The third-order valence-corrected chi connectivity index (χ3v) is 4.85. The highest BCUT2D eigenvalue weighted by atomic mass is 32.1. The molecule has 0 aliphatic carbocycles. The Hall–Kier alpha value is -1.88. The Morgan fingerprint density at radius 2 is 1.64 bits per heavy atom. The van der Waals surface area contributed by atoms with Gasteiger partial charge >= 0.3 is 5.97 Å². The van der Waals surface area contributed by atoms with Gasteiger partial charge in [-0.1, -0.05) is 41.5 Å². The fourth-order valence-electron chi connectivity index (χ4n) is 2.61. The van der Waals surface area contributed by atoms with Gasteiger partial charge in [0.15, 0.2) is 5.69 Å². The van der Waals surface area contributed by atoms with E-state index in [4.69, 9.17) is 4.74 Å². The van der Waals surface area contributed by atoms with Gasteiger partial charge in [-0.15, -0.1) is 11.3 Å². The van der Waals surface area contributed by atoms with E-state index < -0.39 is 5.97 Å². The molecule has 2 rings (SSSR count). The fraction of sp³-hybridized carbons (Fsp3) is 0.500. The lowest BCUT2D eigenvalue weighted by molar-refractivity contribution is 0.0520. The van der Waals surface area contributed by atoms with Gasteiger partial charge < -0.3 is 9.84 Å². The van der Waals surface area contributed by atoms with E-state index in [0.29, 0.717) is 18.1 Å². The maximum atomic E-state index is 11.9. The molecule has 4 nitrogen and oxygen atoms in total. The molecule has 0 atom stereocenters. The standard InChI is InChI=1S/C20H27NO3S/c1-8-24-18(23)15-11-25-17(21-15)12-9-13(19(2,3)4)16(22)14(10-12)20(5,6)7/h9-11,22H,8H2,1-7H3. The summed E-state index contributed by atoms with van der Waals surface area (Å²) in [5.41, 5.74) is 2.58. The number of hydrogen-bond acceptors (Lipinski definition) is 5. The molecule has 1 N–H and O–H groups in total. The molecule has 0 fully saturated rings. The molecule has 0 spiro atoms. The summed E-state index contributed by atoms with van der Waals surface area (Å²) in [5, 5.41) is 13.3. The second-order valence-electron chi connectivity index (χ2n) is 8.18. The predicted molar refractivity (Wildman–Crippen MR) is 103 cm³/mol. The number of carbonyl (C=O) groups excluding carboxylic acids is 1. The highest BCUT2D eigenvalue weighted by Gasteiger charge is 2.27. The van der Waals surface area contributed by atoms with Crippen molar-refractivity contribution in [3.05, 3.63) is 34.3 Å². The summed E-state index contributed by atoms with van der Waals surface area (Å²) in [6.07, 6.45) is 0. The molecule has 0 bridgehead atoms. The van der Waals surface area contributed by atoms with Gasteiger partial charge in [-0.3, -0.25) is 0 Å². The topological polar surface area (TPSA) is 59.4 Å². The first-order valence-electron chi connectivity index (χ1n) is 8.46. The first-order valence-corrected chi connectivity index (χ1v) is 9.34. The first kappa shape index (κ1) is 19.4. The van der Waals surface area contributed by atoms with Gasteiger partial charge in [0, 0.05) is 22.1 Å². The molecule has 1 aromatic heterocycles. The molecule has 5 heteroatoms. The molecule has 136 valence electrons. The molecule has 1 aromatic carbocycles. The zero-order chi connectivity index (χ0) is 19.0. The van der Waals surface area contributed by atoms with Crippen LogP contribution in [-0.2, 0) is 15.6 Å². The lowest BCUT2D eigenvalue weighted by atomic mass is 9.78. The van der Waals surface area contributed by atoms with E-state index in [9.17, 15) is 9.90 Å². The zero-order valence-electron chi connectivity index (χ0n) is 16.1. The quantitative estimate of drug-likeness (QED) is 0.755. The number of ether oxygens (including phenoxy) is 1. The number of rotatable bonds is 3. The zero-order valence-corrected chi connectivity index (χ0v) is 16.9. The summed E-state index contributed by atoms with van der Waals surface area (Å²) in [7, 11) is 0. The smallest absolute Gasteiger partial charge is 0.357 e. The molecule has 1 heterocycles. The molecule has 0 saturated carbocycles. The lowest BCUT2D eigenvalue weighted by Gasteiger charge is -2.28. The van der Waals surface area contributed by atoms with Gasteiger partial charge in [0.05, 0.1) is 6.61 Å². The Balaban J connectivity index is 2.61. The maximum Gasteiger partial charge on any atom is 0.357 e. The van der Waals surface area contributed by atoms with E-state index in [-0.39, 0.29) is 10.8 Å². The van der Waals surface area contributed by atoms with Crippen LogP contribution >= 0.6 is 11.3 Å². The van der Waals surface area contributed by atoms with Crippen molar-refractivity contribution in [1.29, 1.82) is 0 Å². The van der Waals surface area contributed by atoms with E-state index >= 15 is 0 Å². The van der Waals surface area contributed by atoms with Crippen molar-refractivity contribution in [3.63, 3.8) is 0 Å². The van der Waals surface area contributed by atoms with Crippen LogP contribution in [0.4, 0.5) is 0 Å². The van der Waals surface area contributed by atoms with Gasteiger partial charge in [0.1, 0.15) is 10.8 Å². The predicted octanol–water partition coefficient (Wildman–Crippen LogP) is 5.29. The number of benzene rings is 1. The summed E-state index contributed by atoms with van der Waals surface area (Å²) in [6.45, 7) is 14.5. The number of aromatic hydroxyl groups is 1. The van der Waals surface area contributed by atoms with Crippen molar-refractivity contribution < 1.29 is 14.6 Å². The molecule has 0 amide bonds. The minimum absolute atomic E-state index is 0.207. The normalized spacial score (nSPS) is 12.3. The Morgan fingerprint density at radius 1 is 1.12 bits per heavy atom. The second kappa shape index (κ2) is 6.79. The molecular formula is C20H27NO3S. The highest BCUT2D eigenvalue weighted by Crippen LogP contribution is 2.42. The van der Waals surface area contributed by atoms with Crippen LogP contribution < -0.4 is 0 Å².